The lowest BCUT2D eigenvalue weighted by molar-refractivity contribution is -0.119. The number of nitrogens with zero attached hydrogens (tertiary/aromatic N) is 2. The van der Waals surface area contributed by atoms with E-state index in [2.05, 4.69) is 20.5 Å². The topological polar surface area (TPSA) is 101 Å². The molecule has 1 heterocycles. The Labute approximate surface area is 172 Å². The SMILES string of the molecule is COCC(=O)Nc1ccc2c(c1)N=CCN2Nc1cc(OC(=O)OC)c(C)cc1F. The van der Waals surface area contributed by atoms with Crippen LogP contribution in [0, 0.1) is 12.7 Å². The fourth-order valence-corrected chi connectivity index (χ4v) is 2.81. The third-order valence-corrected chi connectivity index (χ3v) is 4.20. The van der Waals surface area contributed by atoms with E-state index in [1.54, 1.807) is 36.3 Å². The summed E-state index contributed by atoms with van der Waals surface area (Å²) in [5.41, 5.74) is 5.35. The monoisotopic (exact) mass is 416 g/mol. The minimum absolute atomic E-state index is 0.0588. The number of anilines is 3. The van der Waals surface area contributed by atoms with Gasteiger partial charge in [0.1, 0.15) is 18.2 Å². The van der Waals surface area contributed by atoms with E-state index in [0.717, 1.165) is 0 Å². The Morgan fingerprint density at radius 1 is 1.23 bits per heavy atom. The van der Waals surface area contributed by atoms with Gasteiger partial charge in [0.25, 0.3) is 0 Å². The van der Waals surface area contributed by atoms with Gasteiger partial charge in [-0.2, -0.15) is 0 Å². The van der Waals surface area contributed by atoms with Crippen LogP contribution in [0.15, 0.2) is 35.3 Å². The van der Waals surface area contributed by atoms with Crippen LogP contribution in [0.25, 0.3) is 0 Å². The van der Waals surface area contributed by atoms with Crippen molar-refractivity contribution in [1.82, 2.24) is 0 Å². The first-order valence-electron chi connectivity index (χ1n) is 8.96. The van der Waals surface area contributed by atoms with E-state index in [-0.39, 0.29) is 24.0 Å². The zero-order valence-corrected chi connectivity index (χ0v) is 16.7. The number of carbonyl (C=O) groups excluding carboxylic acids is 2. The predicted molar refractivity (Wildman–Crippen MR) is 110 cm³/mol. The molecule has 158 valence electrons. The van der Waals surface area contributed by atoms with Gasteiger partial charge in [-0.15, -0.1) is 0 Å². The highest BCUT2D eigenvalue weighted by Gasteiger charge is 2.19. The van der Waals surface area contributed by atoms with Crippen LogP contribution in [0.2, 0.25) is 0 Å². The maximum absolute atomic E-state index is 14.5. The van der Waals surface area contributed by atoms with Gasteiger partial charge in [0, 0.05) is 25.1 Å². The molecule has 0 radical (unpaired) electrons. The molecule has 9 nitrogen and oxygen atoms in total. The van der Waals surface area contributed by atoms with Crippen LogP contribution in [0.1, 0.15) is 5.56 Å². The van der Waals surface area contributed by atoms with E-state index in [1.807, 2.05) is 0 Å². The Morgan fingerprint density at radius 3 is 2.77 bits per heavy atom. The van der Waals surface area contributed by atoms with Gasteiger partial charge >= 0.3 is 6.16 Å². The molecule has 2 N–H and O–H groups in total. The molecule has 1 amide bonds. The quantitative estimate of drug-likeness (QED) is 0.550. The number of halogens is 1. The lowest BCUT2D eigenvalue weighted by Gasteiger charge is -2.29. The number of hydrogen-bond acceptors (Lipinski definition) is 8. The average molecular weight is 416 g/mol. The summed E-state index contributed by atoms with van der Waals surface area (Å²) in [6, 6.07) is 7.79. The summed E-state index contributed by atoms with van der Waals surface area (Å²) >= 11 is 0. The van der Waals surface area contributed by atoms with Crippen molar-refractivity contribution in [2.24, 2.45) is 4.99 Å². The highest BCUT2D eigenvalue weighted by Crippen LogP contribution is 2.35. The molecule has 0 aliphatic carbocycles. The minimum Gasteiger partial charge on any atom is -0.437 e. The summed E-state index contributed by atoms with van der Waals surface area (Å²) in [6.07, 6.45) is 0.753. The first kappa shape index (κ1) is 21.1. The van der Waals surface area contributed by atoms with Crippen molar-refractivity contribution in [3.8, 4) is 5.75 Å². The first-order valence-corrected chi connectivity index (χ1v) is 8.96. The Bertz CT molecular complexity index is 995. The maximum atomic E-state index is 14.5. The lowest BCUT2D eigenvalue weighted by Crippen LogP contribution is -2.33. The molecule has 1 aliphatic heterocycles. The number of carbonyl (C=O) groups is 2. The van der Waals surface area contributed by atoms with E-state index < -0.39 is 12.0 Å². The number of nitrogens with one attached hydrogen (secondary N) is 2. The second-order valence-corrected chi connectivity index (χ2v) is 6.37. The smallest absolute Gasteiger partial charge is 0.437 e. The zero-order chi connectivity index (χ0) is 21.7. The fourth-order valence-electron chi connectivity index (χ4n) is 2.81. The van der Waals surface area contributed by atoms with E-state index in [1.165, 1.54) is 26.4 Å². The standard InChI is InChI=1S/C20H21FN4O5/c1-12-8-14(21)15(10-18(12)30-20(27)29-3)24-25-7-6-22-16-9-13(4-5-17(16)25)23-19(26)11-28-2/h4-6,8-10,24H,7,11H2,1-3H3,(H,23,26). The molecule has 0 bridgehead atoms. The third kappa shape index (κ3) is 4.84. The van der Waals surface area contributed by atoms with Gasteiger partial charge in [-0.1, -0.05) is 0 Å². The number of aliphatic imine (C=N–C) groups is 1. The second-order valence-electron chi connectivity index (χ2n) is 6.37. The number of rotatable bonds is 6. The summed E-state index contributed by atoms with van der Waals surface area (Å²) in [5.74, 6) is -0.628. The van der Waals surface area contributed by atoms with Gasteiger partial charge in [-0.25, -0.2) is 9.18 Å². The van der Waals surface area contributed by atoms with Gasteiger partial charge in [-0.3, -0.25) is 20.2 Å². The summed E-state index contributed by atoms with van der Waals surface area (Å²) < 4.78 is 28.9. The molecule has 2 aromatic carbocycles. The highest BCUT2D eigenvalue weighted by molar-refractivity contribution is 5.94. The molecular formula is C20H21FN4O5. The van der Waals surface area contributed by atoms with Crippen LogP contribution < -0.4 is 20.5 Å². The van der Waals surface area contributed by atoms with E-state index in [4.69, 9.17) is 9.47 Å². The largest absolute Gasteiger partial charge is 0.513 e. The van der Waals surface area contributed by atoms with E-state index in [0.29, 0.717) is 29.2 Å². The summed E-state index contributed by atoms with van der Waals surface area (Å²) in [4.78, 5) is 27.4. The molecule has 0 unspecified atom stereocenters. The molecule has 0 atom stereocenters. The molecule has 2 aromatic rings. The van der Waals surface area contributed by atoms with E-state index in [9.17, 15) is 14.0 Å². The number of hydrazine groups is 1. The predicted octanol–water partition coefficient (Wildman–Crippen LogP) is 3.41. The van der Waals surface area contributed by atoms with Crippen molar-refractivity contribution in [2.45, 2.75) is 6.92 Å². The van der Waals surface area contributed by atoms with Gasteiger partial charge < -0.3 is 19.5 Å². The Hall–Kier alpha value is -3.66. The molecule has 1 aliphatic rings. The van der Waals surface area contributed by atoms with Gasteiger partial charge in [0.05, 0.1) is 30.7 Å². The van der Waals surface area contributed by atoms with Gasteiger partial charge in [0.15, 0.2) is 0 Å². The number of benzene rings is 2. The van der Waals surface area contributed by atoms with Crippen LogP contribution in [0.4, 0.5) is 31.9 Å². The number of aryl methyl sites for hydroxylation is 1. The van der Waals surface area contributed by atoms with Crippen LogP contribution in [0.5, 0.6) is 5.75 Å². The maximum Gasteiger partial charge on any atom is 0.513 e. The van der Waals surface area contributed by atoms with Gasteiger partial charge in [-0.05, 0) is 36.8 Å². The van der Waals surface area contributed by atoms with Gasteiger partial charge in [0.2, 0.25) is 5.91 Å². The fraction of sp³-hybridized carbons (Fsp3) is 0.250. The molecule has 0 saturated carbocycles. The highest BCUT2D eigenvalue weighted by atomic mass is 19.1. The van der Waals surface area contributed by atoms with Crippen molar-refractivity contribution in [1.29, 1.82) is 0 Å². The van der Waals surface area contributed by atoms with Crippen LogP contribution in [0.3, 0.4) is 0 Å². The first-order chi connectivity index (χ1) is 14.4. The number of amides is 1. The van der Waals surface area contributed by atoms with E-state index >= 15 is 0 Å². The molecule has 30 heavy (non-hydrogen) atoms. The van der Waals surface area contributed by atoms with Crippen LogP contribution in [-0.4, -0.2) is 45.6 Å². The summed E-state index contributed by atoms with van der Waals surface area (Å²) in [5, 5.41) is 4.39. The van der Waals surface area contributed by atoms with Crippen molar-refractivity contribution in [2.75, 3.05) is 43.1 Å². The van der Waals surface area contributed by atoms with Crippen molar-refractivity contribution in [3.05, 3.63) is 41.7 Å². The van der Waals surface area contributed by atoms with Crippen molar-refractivity contribution >= 4 is 41.0 Å². The Morgan fingerprint density at radius 2 is 2.03 bits per heavy atom. The second kappa shape index (κ2) is 9.23. The normalized spacial score (nSPS) is 12.2. The minimum atomic E-state index is -0.894. The zero-order valence-electron chi connectivity index (χ0n) is 16.7. The van der Waals surface area contributed by atoms with Crippen LogP contribution in [-0.2, 0) is 14.3 Å². The molecule has 3 rings (SSSR count). The molecule has 0 saturated heterocycles. The number of fused-ring (bicyclic) bond motifs is 1. The number of ether oxygens (including phenoxy) is 3. The number of methoxy groups -OCH3 is 2. The average Bonchev–Trinajstić information content (AvgIpc) is 2.71. The summed E-state index contributed by atoms with van der Waals surface area (Å²) in [7, 11) is 2.63. The molecule has 0 fully saturated rings. The summed E-state index contributed by atoms with van der Waals surface area (Å²) in [6.45, 7) is 1.92. The molecular weight excluding hydrogens is 395 g/mol. The Kier molecular flexibility index (Phi) is 6.48. The number of hydrogen-bond donors (Lipinski definition) is 2. The molecule has 0 spiro atoms. The third-order valence-electron chi connectivity index (χ3n) is 4.20. The lowest BCUT2D eigenvalue weighted by atomic mass is 10.2. The van der Waals surface area contributed by atoms with Crippen molar-refractivity contribution < 1.29 is 28.2 Å². The Balaban J connectivity index is 1.82. The van der Waals surface area contributed by atoms with Crippen LogP contribution >= 0.6 is 0 Å². The molecule has 10 heteroatoms. The molecule has 0 aromatic heterocycles. The van der Waals surface area contributed by atoms with Crippen molar-refractivity contribution in [3.63, 3.8) is 0 Å².